The fourth-order valence-corrected chi connectivity index (χ4v) is 6.56. The average Bonchev–Trinajstić information content (AvgIpc) is 3.34. The summed E-state index contributed by atoms with van der Waals surface area (Å²) in [4.78, 5) is 17.4. The number of nitrogens with zero attached hydrogens (tertiary/aromatic N) is 3. The third-order valence-electron chi connectivity index (χ3n) is 6.79. The predicted molar refractivity (Wildman–Crippen MR) is 102 cm³/mol. The van der Waals surface area contributed by atoms with Crippen molar-refractivity contribution < 1.29 is 13.2 Å². The van der Waals surface area contributed by atoms with Gasteiger partial charge in [0.25, 0.3) is 10.0 Å². The average molecular weight is 388 g/mol. The summed E-state index contributed by atoms with van der Waals surface area (Å²) < 4.78 is 28.6. The summed E-state index contributed by atoms with van der Waals surface area (Å²) in [6, 6.07) is 7.00. The highest BCUT2D eigenvalue weighted by Gasteiger charge is 2.41. The maximum atomic E-state index is 12.9. The summed E-state index contributed by atoms with van der Waals surface area (Å²) in [6.07, 6.45) is 5.42. The largest absolute Gasteiger partial charge is 0.355 e. The zero-order valence-corrected chi connectivity index (χ0v) is 16.2. The molecule has 3 aliphatic heterocycles. The molecule has 0 radical (unpaired) electrons. The van der Waals surface area contributed by atoms with Gasteiger partial charge in [-0.25, -0.2) is 0 Å². The number of likely N-dealkylation sites (tertiary alicyclic amines) is 2. The molecule has 4 aliphatic rings. The van der Waals surface area contributed by atoms with Gasteiger partial charge in [-0.1, -0.05) is 18.6 Å². The molecule has 3 heterocycles. The van der Waals surface area contributed by atoms with E-state index in [1.54, 1.807) is 12.1 Å². The Labute approximate surface area is 160 Å². The molecule has 1 aromatic carbocycles. The molecule has 1 aromatic rings. The SMILES string of the molecule is O=C(C1CCN(C2=NS(=O)(=O)c3ccccc32)CC1)N1C[C@@H]2CCC[C@H]2C1. The van der Waals surface area contributed by atoms with E-state index in [0.29, 0.717) is 35.3 Å². The van der Waals surface area contributed by atoms with Crippen molar-refractivity contribution in [3.63, 3.8) is 0 Å². The van der Waals surface area contributed by atoms with Crippen LogP contribution in [0.5, 0.6) is 0 Å². The number of rotatable bonds is 1. The Morgan fingerprint density at radius 3 is 2.37 bits per heavy atom. The lowest BCUT2D eigenvalue weighted by Gasteiger charge is -2.34. The van der Waals surface area contributed by atoms with Gasteiger partial charge in [0.15, 0.2) is 5.84 Å². The second-order valence-corrected chi connectivity index (χ2v) is 9.91. The number of sulfonamides is 1. The molecule has 6 nitrogen and oxygen atoms in total. The van der Waals surface area contributed by atoms with E-state index < -0.39 is 10.0 Å². The second kappa shape index (κ2) is 6.33. The molecule has 3 fully saturated rings. The van der Waals surface area contributed by atoms with Gasteiger partial charge in [0, 0.05) is 37.7 Å². The van der Waals surface area contributed by atoms with E-state index in [0.717, 1.165) is 37.8 Å². The molecule has 0 unspecified atom stereocenters. The number of amidine groups is 1. The van der Waals surface area contributed by atoms with Crippen LogP contribution in [0.15, 0.2) is 33.6 Å². The molecular formula is C20H25N3O3S. The van der Waals surface area contributed by atoms with E-state index in [2.05, 4.69) is 9.30 Å². The summed E-state index contributed by atoms with van der Waals surface area (Å²) in [7, 11) is -3.58. The first-order valence-corrected chi connectivity index (χ1v) is 11.4. The zero-order valence-electron chi connectivity index (χ0n) is 15.4. The Hall–Kier alpha value is -1.89. The molecule has 7 heteroatoms. The van der Waals surface area contributed by atoms with Crippen LogP contribution in [-0.2, 0) is 14.8 Å². The van der Waals surface area contributed by atoms with Crippen molar-refractivity contribution in [2.45, 2.75) is 37.0 Å². The summed E-state index contributed by atoms with van der Waals surface area (Å²) in [5.74, 6) is 2.37. The molecule has 2 atom stereocenters. The van der Waals surface area contributed by atoms with E-state index in [-0.39, 0.29) is 5.92 Å². The summed E-state index contributed by atoms with van der Waals surface area (Å²) >= 11 is 0. The van der Waals surface area contributed by atoms with Gasteiger partial charge in [0.1, 0.15) is 4.90 Å². The standard InChI is InChI=1S/C20H25N3O3S/c24-20(23-12-15-4-3-5-16(15)13-23)14-8-10-22(11-9-14)19-17-6-1-2-7-18(17)27(25,26)21-19/h1-2,6-7,14-16H,3-5,8-13H2/t15-,16-/m0/s1. The highest BCUT2D eigenvalue weighted by molar-refractivity contribution is 7.90. The lowest BCUT2D eigenvalue weighted by molar-refractivity contribution is -0.136. The van der Waals surface area contributed by atoms with Crippen LogP contribution in [0.4, 0.5) is 0 Å². The highest BCUT2D eigenvalue weighted by atomic mass is 32.2. The minimum Gasteiger partial charge on any atom is -0.355 e. The fourth-order valence-electron chi connectivity index (χ4n) is 5.33. The van der Waals surface area contributed by atoms with Gasteiger partial charge in [-0.3, -0.25) is 4.79 Å². The number of hydrogen-bond acceptors (Lipinski definition) is 4. The second-order valence-electron chi connectivity index (χ2n) is 8.34. The van der Waals surface area contributed by atoms with Gasteiger partial charge in [0.2, 0.25) is 5.91 Å². The number of amides is 1. The molecule has 1 aliphatic carbocycles. The smallest absolute Gasteiger partial charge is 0.285 e. The lowest BCUT2D eigenvalue weighted by atomic mass is 9.94. The van der Waals surface area contributed by atoms with Crippen LogP contribution >= 0.6 is 0 Å². The molecule has 0 spiro atoms. The van der Waals surface area contributed by atoms with Crippen LogP contribution in [0.2, 0.25) is 0 Å². The van der Waals surface area contributed by atoms with Crippen LogP contribution in [0.3, 0.4) is 0 Å². The topological polar surface area (TPSA) is 70.0 Å². The first kappa shape index (κ1) is 17.2. The predicted octanol–water partition coefficient (Wildman–Crippen LogP) is 2.11. The van der Waals surface area contributed by atoms with E-state index in [1.807, 2.05) is 17.0 Å². The minimum atomic E-state index is -3.58. The molecule has 0 aromatic heterocycles. The van der Waals surface area contributed by atoms with Crippen molar-refractivity contribution in [1.82, 2.24) is 9.80 Å². The molecule has 144 valence electrons. The zero-order chi connectivity index (χ0) is 18.6. The molecular weight excluding hydrogens is 362 g/mol. The number of carbonyl (C=O) groups is 1. The van der Waals surface area contributed by atoms with Crippen LogP contribution < -0.4 is 0 Å². The van der Waals surface area contributed by atoms with Crippen molar-refractivity contribution in [3.8, 4) is 0 Å². The van der Waals surface area contributed by atoms with Gasteiger partial charge >= 0.3 is 0 Å². The molecule has 1 amide bonds. The molecule has 5 rings (SSSR count). The highest BCUT2D eigenvalue weighted by Crippen LogP contribution is 2.39. The Kier molecular flexibility index (Phi) is 4.04. The van der Waals surface area contributed by atoms with Gasteiger partial charge in [-0.15, -0.1) is 4.40 Å². The van der Waals surface area contributed by atoms with Gasteiger partial charge in [0.05, 0.1) is 0 Å². The number of carbonyl (C=O) groups excluding carboxylic acids is 1. The lowest BCUT2D eigenvalue weighted by Crippen LogP contribution is -2.44. The maximum Gasteiger partial charge on any atom is 0.285 e. The molecule has 0 bridgehead atoms. The molecule has 27 heavy (non-hydrogen) atoms. The van der Waals surface area contributed by atoms with Gasteiger partial charge in [-0.05, 0) is 49.7 Å². The van der Waals surface area contributed by atoms with Crippen LogP contribution in [0, 0.1) is 17.8 Å². The van der Waals surface area contributed by atoms with Crippen molar-refractivity contribution in [1.29, 1.82) is 0 Å². The van der Waals surface area contributed by atoms with E-state index in [1.165, 1.54) is 19.3 Å². The Morgan fingerprint density at radius 1 is 1.00 bits per heavy atom. The molecule has 1 saturated carbocycles. The fraction of sp³-hybridized carbons (Fsp3) is 0.600. The van der Waals surface area contributed by atoms with E-state index in [9.17, 15) is 13.2 Å². The number of hydrogen-bond donors (Lipinski definition) is 0. The molecule has 2 saturated heterocycles. The van der Waals surface area contributed by atoms with Crippen LogP contribution in [-0.4, -0.2) is 56.1 Å². The Morgan fingerprint density at radius 2 is 1.67 bits per heavy atom. The maximum absolute atomic E-state index is 12.9. The number of benzene rings is 1. The number of piperidine rings is 1. The minimum absolute atomic E-state index is 0.0638. The Balaban J connectivity index is 1.25. The normalized spacial score (nSPS) is 29.6. The summed E-state index contributed by atoms with van der Waals surface area (Å²) in [6.45, 7) is 3.25. The quantitative estimate of drug-likeness (QED) is 0.740. The van der Waals surface area contributed by atoms with Crippen LogP contribution in [0.1, 0.15) is 37.7 Å². The van der Waals surface area contributed by atoms with Crippen molar-refractivity contribution in [2.75, 3.05) is 26.2 Å². The summed E-state index contributed by atoms with van der Waals surface area (Å²) in [5, 5.41) is 0. The summed E-state index contributed by atoms with van der Waals surface area (Å²) in [5.41, 5.74) is 0.689. The van der Waals surface area contributed by atoms with Crippen LogP contribution in [0.25, 0.3) is 0 Å². The van der Waals surface area contributed by atoms with Gasteiger partial charge < -0.3 is 9.80 Å². The monoisotopic (exact) mass is 387 g/mol. The van der Waals surface area contributed by atoms with Crippen molar-refractivity contribution in [3.05, 3.63) is 29.8 Å². The first-order chi connectivity index (χ1) is 13.0. The molecule has 0 N–H and O–H groups in total. The van der Waals surface area contributed by atoms with Crippen molar-refractivity contribution in [2.24, 2.45) is 22.2 Å². The first-order valence-electron chi connectivity index (χ1n) is 10.0. The van der Waals surface area contributed by atoms with E-state index in [4.69, 9.17) is 0 Å². The number of fused-ring (bicyclic) bond motifs is 2. The van der Waals surface area contributed by atoms with E-state index >= 15 is 0 Å². The third-order valence-corrected chi connectivity index (χ3v) is 8.12. The Bertz CT molecular complexity index is 891. The third kappa shape index (κ3) is 2.87. The van der Waals surface area contributed by atoms with Gasteiger partial charge in [-0.2, -0.15) is 8.42 Å². The van der Waals surface area contributed by atoms with Crippen molar-refractivity contribution >= 4 is 21.8 Å².